The van der Waals surface area contributed by atoms with Gasteiger partial charge in [0.2, 0.25) is 0 Å². The van der Waals surface area contributed by atoms with Crippen LogP contribution in [0.25, 0.3) is 10.9 Å². The molecule has 3 aromatic rings. The van der Waals surface area contributed by atoms with Crippen LogP contribution in [0, 0.1) is 6.92 Å². The van der Waals surface area contributed by atoms with Gasteiger partial charge in [0.05, 0.1) is 17.8 Å². The molecule has 2 heterocycles. The Balaban J connectivity index is 1.94. The number of amides is 1. The highest BCUT2D eigenvalue weighted by Gasteiger charge is 2.25. The van der Waals surface area contributed by atoms with E-state index >= 15 is 0 Å². The van der Waals surface area contributed by atoms with Crippen LogP contribution in [0.3, 0.4) is 0 Å². The van der Waals surface area contributed by atoms with Crippen molar-refractivity contribution < 1.29 is 14.3 Å². The van der Waals surface area contributed by atoms with E-state index in [0.29, 0.717) is 34.5 Å². The normalized spacial score (nSPS) is 10.9. The molecule has 3 rings (SSSR count). The van der Waals surface area contributed by atoms with Crippen LogP contribution >= 0.6 is 11.3 Å². The van der Waals surface area contributed by atoms with Gasteiger partial charge in [0.1, 0.15) is 10.6 Å². The third kappa shape index (κ3) is 4.79. The molecule has 0 fully saturated rings. The van der Waals surface area contributed by atoms with E-state index in [9.17, 15) is 9.59 Å². The SMILES string of the molecule is CCCCCN(C(=O)c1ccc2ccccc2n1)c1nc(C)c(C(=O)OCC)s1. The summed E-state index contributed by atoms with van der Waals surface area (Å²) in [5.74, 6) is -0.616. The second-order valence-corrected chi connectivity index (χ2v) is 7.66. The number of thiazole rings is 1. The average Bonchev–Trinajstić information content (AvgIpc) is 3.12. The first kappa shape index (κ1) is 20.9. The number of unbranched alkanes of at least 4 members (excludes halogenated alkanes) is 2. The van der Waals surface area contributed by atoms with Gasteiger partial charge in [0.15, 0.2) is 5.13 Å². The van der Waals surface area contributed by atoms with Crippen molar-refractivity contribution >= 4 is 39.2 Å². The van der Waals surface area contributed by atoms with E-state index in [0.717, 1.165) is 30.2 Å². The van der Waals surface area contributed by atoms with Crippen LogP contribution in [0.2, 0.25) is 0 Å². The molecule has 6 nitrogen and oxygen atoms in total. The zero-order valence-corrected chi connectivity index (χ0v) is 17.8. The van der Waals surface area contributed by atoms with Gasteiger partial charge in [-0.2, -0.15) is 0 Å². The number of fused-ring (bicyclic) bond motifs is 1. The fourth-order valence-electron chi connectivity index (χ4n) is 3.01. The van der Waals surface area contributed by atoms with Crippen LogP contribution < -0.4 is 4.90 Å². The first-order chi connectivity index (χ1) is 14.0. The molecule has 0 spiro atoms. The van der Waals surface area contributed by atoms with Crippen molar-refractivity contribution in [3.05, 3.63) is 52.7 Å². The Hall–Kier alpha value is -2.80. The molecule has 0 saturated heterocycles. The fourth-order valence-corrected chi connectivity index (χ4v) is 4.00. The molecule has 152 valence electrons. The average molecular weight is 412 g/mol. The molecule has 7 heteroatoms. The number of carbonyl (C=O) groups is 2. The molecule has 0 radical (unpaired) electrons. The van der Waals surface area contributed by atoms with Crippen molar-refractivity contribution in [1.29, 1.82) is 0 Å². The smallest absolute Gasteiger partial charge is 0.350 e. The molecule has 0 aliphatic heterocycles. The maximum Gasteiger partial charge on any atom is 0.350 e. The standard InChI is InChI=1S/C22H25N3O3S/c1-4-6-9-14-25(22-23-15(3)19(29-22)21(27)28-5-2)20(26)18-13-12-16-10-7-8-11-17(16)24-18/h7-8,10-13H,4-6,9,14H2,1-3H3. The summed E-state index contributed by atoms with van der Waals surface area (Å²) in [5.41, 5.74) is 1.71. The first-order valence-electron chi connectivity index (χ1n) is 9.87. The number of hydrogen-bond donors (Lipinski definition) is 0. The number of pyridine rings is 1. The second kappa shape index (κ2) is 9.60. The number of aryl methyl sites for hydroxylation is 1. The molecular formula is C22H25N3O3S. The molecule has 0 saturated carbocycles. The summed E-state index contributed by atoms with van der Waals surface area (Å²) < 4.78 is 5.11. The van der Waals surface area contributed by atoms with E-state index in [1.807, 2.05) is 30.3 Å². The highest BCUT2D eigenvalue weighted by Crippen LogP contribution is 2.28. The lowest BCUT2D eigenvalue weighted by Crippen LogP contribution is -2.32. The van der Waals surface area contributed by atoms with E-state index in [4.69, 9.17) is 4.74 Å². The minimum atomic E-state index is -0.404. The van der Waals surface area contributed by atoms with Crippen molar-refractivity contribution in [1.82, 2.24) is 9.97 Å². The summed E-state index contributed by atoms with van der Waals surface area (Å²) in [7, 11) is 0. The molecule has 0 aliphatic rings. The Kier molecular flexibility index (Phi) is 6.93. The van der Waals surface area contributed by atoms with Gasteiger partial charge < -0.3 is 4.74 Å². The van der Waals surface area contributed by atoms with E-state index in [2.05, 4.69) is 16.9 Å². The van der Waals surface area contributed by atoms with Gasteiger partial charge >= 0.3 is 5.97 Å². The van der Waals surface area contributed by atoms with E-state index in [1.54, 1.807) is 24.8 Å². The second-order valence-electron chi connectivity index (χ2n) is 6.68. The Labute approximate surface area is 174 Å². The Morgan fingerprint density at radius 1 is 1.07 bits per heavy atom. The van der Waals surface area contributed by atoms with Gasteiger partial charge in [-0.1, -0.05) is 55.4 Å². The third-order valence-electron chi connectivity index (χ3n) is 4.52. The van der Waals surface area contributed by atoms with Crippen molar-refractivity contribution in [2.24, 2.45) is 0 Å². The Morgan fingerprint density at radius 2 is 1.86 bits per heavy atom. The highest BCUT2D eigenvalue weighted by molar-refractivity contribution is 7.17. The summed E-state index contributed by atoms with van der Waals surface area (Å²) in [6.07, 6.45) is 2.90. The summed E-state index contributed by atoms with van der Waals surface area (Å²) in [4.78, 5) is 36.6. The molecule has 2 aromatic heterocycles. The lowest BCUT2D eigenvalue weighted by Gasteiger charge is -2.19. The molecule has 0 atom stereocenters. The predicted octanol–water partition coefficient (Wildman–Crippen LogP) is 5.01. The lowest BCUT2D eigenvalue weighted by atomic mass is 10.2. The molecule has 1 amide bonds. The maximum atomic E-state index is 13.3. The van der Waals surface area contributed by atoms with Crippen molar-refractivity contribution in [3.8, 4) is 0 Å². The van der Waals surface area contributed by atoms with Gasteiger partial charge in [0.25, 0.3) is 5.91 Å². The van der Waals surface area contributed by atoms with Gasteiger partial charge in [0, 0.05) is 11.9 Å². The van der Waals surface area contributed by atoms with Gasteiger partial charge in [-0.15, -0.1) is 0 Å². The molecule has 0 N–H and O–H groups in total. The quantitative estimate of drug-likeness (QED) is 0.385. The molecule has 29 heavy (non-hydrogen) atoms. The third-order valence-corrected chi connectivity index (χ3v) is 5.69. The first-order valence-corrected chi connectivity index (χ1v) is 10.7. The molecule has 0 aliphatic carbocycles. The summed E-state index contributed by atoms with van der Waals surface area (Å²) in [5, 5.41) is 1.48. The van der Waals surface area contributed by atoms with Crippen molar-refractivity contribution in [2.75, 3.05) is 18.1 Å². The topological polar surface area (TPSA) is 72.4 Å². The Bertz CT molecular complexity index is 1020. The molecule has 0 bridgehead atoms. The summed E-state index contributed by atoms with van der Waals surface area (Å²) in [6.45, 7) is 6.46. The van der Waals surface area contributed by atoms with E-state index in [-0.39, 0.29) is 5.91 Å². The van der Waals surface area contributed by atoms with Crippen LogP contribution in [0.1, 0.15) is 59.0 Å². The van der Waals surface area contributed by atoms with Crippen molar-refractivity contribution in [2.45, 2.75) is 40.0 Å². The largest absolute Gasteiger partial charge is 0.462 e. The number of anilines is 1. The van der Waals surface area contributed by atoms with Gasteiger partial charge in [-0.25, -0.2) is 14.8 Å². The van der Waals surface area contributed by atoms with Crippen LogP contribution in [0.15, 0.2) is 36.4 Å². The predicted molar refractivity (Wildman–Crippen MR) is 116 cm³/mol. The van der Waals surface area contributed by atoms with E-state index in [1.165, 1.54) is 11.3 Å². The summed E-state index contributed by atoms with van der Waals surface area (Å²) in [6, 6.07) is 11.3. The minimum absolute atomic E-state index is 0.212. The number of carbonyl (C=O) groups excluding carboxylic acids is 2. The number of rotatable bonds is 8. The van der Waals surface area contributed by atoms with Crippen LogP contribution in [0.5, 0.6) is 0 Å². The Morgan fingerprint density at radius 3 is 2.62 bits per heavy atom. The minimum Gasteiger partial charge on any atom is -0.462 e. The number of benzene rings is 1. The molecule has 1 aromatic carbocycles. The van der Waals surface area contributed by atoms with Crippen LogP contribution in [0.4, 0.5) is 5.13 Å². The number of ether oxygens (including phenoxy) is 1. The van der Waals surface area contributed by atoms with Gasteiger partial charge in [-0.3, -0.25) is 9.69 Å². The van der Waals surface area contributed by atoms with Gasteiger partial charge in [-0.05, 0) is 32.4 Å². The van der Waals surface area contributed by atoms with Crippen LogP contribution in [-0.4, -0.2) is 35.0 Å². The zero-order chi connectivity index (χ0) is 20.8. The number of nitrogens with zero attached hydrogens (tertiary/aromatic N) is 3. The number of aromatic nitrogens is 2. The number of esters is 1. The summed E-state index contributed by atoms with van der Waals surface area (Å²) >= 11 is 1.19. The monoisotopic (exact) mass is 411 g/mol. The molecule has 0 unspecified atom stereocenters. The number of hydrogen-bond acceptors (Lipinski definition) is 6. The fraction of sp³-hybridized carbons (Fsp3) is 0.364. The molecular weight excluding hydrogens is 386 g/mol. The zero-order valence-electron chi connectivity index (χ0n) is 17.0. The lowest BCUT2D eigenvalue weighted by molar-refractivity contribution is 0.0531. The van der Waals surface area contributed by atoms with Crippen LogP contribution in [-0.2, 0) is 4.74 Å². The maximum absolute atomic E-state index is 13.3. The number of para-hydroxylation sites is 1. The van der Waals surface area contributed by atoms with E-state index < -0.39 is 5.97 Å². The van der Waals surface area contributed by atoms with Crippen molar-refractivity contribution in [3.63, 3.8) is 0 Å². The highest BCUT2D eigenvalue weighted by atomic mass is 32.1.